The molecular weight excluding hydrogens is 276 g/mol. The number of hydrogen-bond donors (Lipinski definition) is 2. The van der Waals surface area contributed by atoms with Gasteiger partial charge in [-0.25, -0.2) is 0 Å². The molecule has 118 valence electrons. The van der Waals surface area contributed by atoms with E-state index in [0.717, 1.165) is 38.4 Å². The molecule has 1 aliphatic carbocycles. The summed E-state index contributed by atoms with van der Waals surface area (Å²) in [5, 5.41) is 6.87. The number of hydrogen-bond acceptors (Lipinski definition) is 4. The first kappa shape index (κ1) is 15.1. The molecule has 1 saturated heterocycles. The first-order valence-corrected chi connectivity index (χ1v) is 7.92. The van der Waals surface area contributed by atoms with Gasteiger partial charge in [-0.15, -0.1) is 0 Å². The average Bonchev–Trinajstić information content (AvgIpc) is 2.61. The maximum Gasteiger partial charge on any atom is 0.118 e. The Morgan fingerprint density at radius 3 is 2.82 bits per heavy atom. The van der Waals surface area contributed by atoms with E-state index in [1.54, 1.807) is 7.11 Å². The van der Waals surface area contributed by atoms with Crippen LogP contribution >= 0.6 is 0 Å². The Bertz CT molecular complexity index is 531. The van der Waals surface area contributed by atoms with Gasteiger partial charge in [0.1, 0.15) is 5.75 Å². The van der Waals surface area contributed by atoms with Crippen molar-refractivity contribution >= 4 is 0 Å². The number of benzene rings is 1. The van der Waals surface area contributed by atoms with Crippen LogP contribution in [0, 0.1) is 5.92 Å². The van der Waals surface area contributed by atoms with E-state index >= 15 is 0 Å². The second kappa shape index (κ2) is 7.47. The minimum atomic E-state index is 0.310. The van der Waals surface area contributed by atoms with Crippen LogP contribution in [0.5, 0.6) is 5.75 Å². The van der Waals surface area contributed by atoms with Crippen LogP contribution in [0.1, 0.15) is 12.0 Å². The summed E-state index contributed by atoms with van der Waals surface area (Å²) in [4.78, 5) is 0. The summed E-state index contributed by atoms with van der Waals surface area (Å²) < 4.78 is 11.0. The van der Waals surface area contributed by atoms with Gasteiger partial charge in [-0.05, 0) is 30.2 Å². The van der Waals surface area contributed by atoms with Gasteiger partial charge >= 0.3 is 0 Å². The molecule has 22 heavy (non-hydrogen) atoms. The fourth-order valence-corrected chi connectivity index (χ4v) is 2.85. The Kier molecular flexibility index (Phi) is 5.14. The fourth-order valence-electron chi connectivity index (χ4n) is 2.85. The summed E-state index contributed by atoms with van der Waals surface area (Å²) in [7, 11) is 1.69. The van der Waals surface area contributed by atoms with Crippen LogP contribution in [0.3, 0.4) is 0 Å². The predicted octanol–water partition coefficient (Wildman–Crippen LogP) is 2.23. The summed E-state index contributed by atoms with van der Waals surface area (Å²) in [5.74, 6) is 1.38. The third-order valence-electron chi connectivity index (χ3n) is 4.22. The summed E-state index contributed by atoms with van der Waals surface area (Å²) in [6, 6.07) is 8.16. The highest BCUT2D eigenvalue weighted by Crippen LogP contribution is 2.22. The molecule has 1 aromatic rings. The van der Waals surface area contributed by atoms with Gasteiger partial charge < -0.3 is 20.1 Å². The molecule has 0 aromatic heterocycles. The van der Waals surface area contributed by atoms with Crippen molar-refractivity contribution in [1.82, 2.24) is 10.6 Å². The third kappa shape index (κ3) is 3.90. The summed E-state index contributed by atoms with van der Waals surface area (Å²) in [6.07, 6.45) is 8.06. The molecule has 2 atom stereocenters. The Morgan fingerprint density at radius 1 is 1.32 bits per heavy atom. The topological polar surface area (TPSA) is 42.5 Å². The molecule has 4 nitrogen and oxygen atoms in total. The van der Waals surface area contributed by atoms with E-state index in [-0.39, 0.29) is 0 Å². The first-order valence-electron chi connectivity index (χ1n) is 7.92. The van der Waals surface area contributed by atoms with Gasteiger partial charge in [-0.1, -0.05) is 24.3 Å². The normalized spacial score (nSPS) is 24.7. The van der Waals surface area contributed by atoms with Crippen molar-refractivity contribution in [2.45, 2.75) is 19.1 Å². The molecule has 1 aliphatic heterocycles. The average molecular weight is 300 g/mol. The second-order valence-corrected chi connectivity index (χ2v) is 5.73. The standard InChI is InChI=1S/C18H24N2O2/c1-21-17-8-2-14(3-9-17)12-20-16-6-4-15(5-7-16)18-13-19-10-11-22-18/h2-4,6-9,15,18-20H,5,10-13H2,1H3/t15?,18-/m1/s1. The number of rotatable bonds is 5. The minimum Gasteiger partial charge on any atom is -0.497 e. The lowest BCUT2D eigenvalue weighted by molar-refractivity contribution is 0.00350. The highest BCUT2D eigenvalue weighted by Gasteiger charge is 2.23. The van der Waals surface area contributed by atoms with Crippen molar-refractivity contribution in [3.05, 3.63) is 53.8 Å². The molecule has 4 heteroatoms. The SMILES string of the molecule is COc1ccc(CNC2=CCC([C@H]3CNCCO3)C=C2)cc1. The van der Waals surface area contributed by atoms with Gasteiger partial charge in [-0.2, -0.15) is 0 Å². The highest BCUT2D eigenvalue weighted by molar-refractivity contribution is 5.29. The number of methoxy groups -OCH3 is 1. The smallest absolute Gasteiger partial charge is 0.118 e. The van der Waals surface area contributed by atoms with Crippen LogP contribution in [0.15, 0.2) is 48.2 Å². The zero-order valence-electron chi connectivity index (χ0n) is 13.0. The van der Waals surface area contributed by atoms with Crippen LogP contribution < -0.4 is 15.4 Å². The lowest BCUT2D eigenvalue weighted by Crippen LogP contribution is -2.42. The molecule has 0 radical (unpaired) electrons. The van der Waals surface area contributed by atoms with E-state index in [4.69, 9.17) is 9.47 Å². The van der Waals surface area contributed by atoms with Crippen molar-refractivity contribution < 1.29 is 9.47 Å². The van der Waals surface area contributed by atoms with Gasteiger partial charge in [0.2, 0.25) is 0 Å². The zero-order valence-corrected chi connectivity index (χ0v) is 13.0. The van der Waals surface area contributed by atoms with Crippen molar-refractivity contribution in [3.63, 3.8) is 0 Å². The third-order valence-corrected chi connectivity index (χ3v) is 4.22. The highest BCUT2D eigenvalue weighted by atomic mass is 16.5. The van der Waals surface area contributed by atoms with Crippen LogP contribution in [-0.4, -0.2) is 32.9 Å². The lowest BCUT2D eigenvalue weighted by Gasteiger charge is -2.30. The van der Waals surface area contributed by atoms with Gasteiger partial charge in [0.05, 0.1) is 19.8 Å². The largest absolute Gasteiger partial charge is 0.497 e. The maximum atomic E-state index is 5.83. The van der Waals surface area contributed by atoms with E-state index < -0.39 is 0 Å². The quantitative estimate of drug-likeness (QED) is 0.875. The molecule has 1 heterocycles. The number of nitrogens with one attached hydrogen (secondary N) is 2. The minimum absolute atomic E-state index is 0.310. The van der Waals surface area contributed by atoms with E-state index in [1.807, 2.05) is 12.1 Å². The molecular formula is C18H24N2O2. The molecule has 0 bridgehead atoms. The van der Waals surface area contributed by atoms with Gasteiger partial charge in [-0.3, -0.25) is 0 Å². The molecule has 1 fully saturated rings. The van der Waals surface area contributed by atoms with Crippen LogP contribution in [0.4, 0.5) is 0 Å². The molecule has 3 rings (SSSR count). The maximum absolute atomic E-state index is 5.83. The number of ether oxygens (including phenoxy) is 2. The number of allylic oxidation sites excluding steroid dienone is 2. The van der Waals surface area contributed by atoms with E-state index in [2.05, 4.69) is 41.0 Å². The molecule has 0 amide bonds. The first-order chi connectivity index (χ1) is 10.8. The van der Waals surface area contributed by atoms with Crippen LogP contribution in [0.25, 0.3) is 0 Å². The zero-order chi connectivity index (χ0) is 15.2. The van der Waals surface area contributed by atoms with Gasteiger partial charge in [0.15, 0.2) is 0 Å². The monoisotopic (exact) mass is 300 g/mol. The van der Waals surface area contributed by atoms with E-state index in [0.29, 0.717) is 12.0 Å². The van der Waals surface area contributed by atoms with Crippen molar-refractivity contribution in [2.24, 2.45) is 5.92 Å². The van der Waals surface area contributed by atoms with Gasteiger partial charge in [0.25, 0.3) is 0 Å². The second-order valence-electron chi connectivity index (χ2n) is 5.73. The van der Waals surface area contributed by atoms with E-state index in [9.17, 15) is 0 Å². The molecule has 1 aromatic carbocycles. The summed E-state index contributed by atoms with van der Waals surface area (Å²) in [6.45, 7) is 3.57. The molecule has 0 spiro atoms. The lowest BCUT2D eigenvalue weighted by atomic mass is 9.93. The number of morpholine rings is 1. The summed E-state index contributed by atoms with van der Waals surface area (Å²) in [5.41, 5.74) is 2.44. The molecule has 0 saturated carbocycles. The van der Waals surface area contributed by atoms with Crippen LogP contribution in [0.2, 0.25) is 0 Å². The fraction of sp³-hybridized carbons (Fsp3) is 0.444. The Labute approximate surface area is 132 Å². The van der Waals surface area contributed by atoms with Crippen molar-refractivity contribution in [1.29, 1.82) is 0 Å². The van der Waals surface area contributed by atoms with Crippen LogP contribution in [-0.2, 0) is 11.3 Å². The predicted molar refractivity (Wildman–Crippen MR) is 87.8 cm³/mol. The van der Waals surface area contributed by atoms with E-state index in [1.165, 1.54) is 11.3 Å². The molecule has 2 N–H and O–H groups in total. The Hall–Kier alpha value is -1.78. The Morgan fingerprint density at radius 2 is 2.18 bits per heavy atom. The van der Waals surface area contributed by atoms with Crippen molar-refractivity contribution in [2.75, 3.05) is 26.8 Å². The van der Waals surface area contributed by atoms with Gasteiger partial charge in [0, 0.05) is 31.2 Å². The molecule has 1 unspecified atom stereocenters. The summed E-state index contributed by atoms with van der Waals surface area (Å²) >= 11 is 0. The Balaban J connectivity index is 1.47. The van der Waals surface area contributed by atoms with Crippen molar-refractivity contribution in [3.8, 4) is 5.75 Å². The molecule has 2 aliphatic rings.